The van der Waals surface area contributed by atoms with Gasteiger partial charge in [0.25, 0.3) is 5.56 Å². The third-order valence-corrected chi connectivity index (χ3v) is 7.31. The maximum atomic E-state index is 13.6. The molecule has 0 amide bonds. The molecule has 1 unspecified atom stereocenters. The van der Waals surface area contributed by atoms with Gasteiger partial charge in [-0.05, 0) is 66.3 Å². The Balaban J connectivity index is 1.33. The fraction of sp³-hybridized carbons (Fsp3) is 0.200. The zero-order valence-corrected chi connectivity index (χ0v) is 21.6. The van der Waals surface area contributed by atoms with E-state index in [0.717, 1.165) is 32.3 Å². The van der Waals surface area contributed by atoms with E-state index >= 15 is 0 Å². The number of fused-ring (bicyclic) bond motifs is 2. The molecule has 40 heavy (non-hydrogen) atoms. The molecule has 0 aliphatic carbocycles. The van der Waals surface area contributed by atoms with Crippen LogP contribution in [0, 0.1) is 13.5 Å². The maximum absolute atomic E-state index is 13.6. The molecule has 1 aliphatic rings. The Morgan fingerprint density at radius 2 is 1.68 bits per heavy atom. The molecule has 10 heteroatoms. The highest BCUT2D eigenvalue weighted by Gasteiger charge is 2.41. The van der Waals surface area contributed by atoms with Crippen molar-refractivity contribution in [2.75, 3.05) is 11.4 Å². The summed E-state index contributed by atoms with van der Waals surface area (Å²) >= 11 is 0. The van der Waals surface area contributed by atoms with Gasteiger partial charge in [0.2, 0.25) is 5.82 Å². The number of benzene rings is 3. The molecule has 0 radical (unpaired) electrons. The Morgan fingerprint density at radius 1 is 0.975 bits per heavy atom. The Bertz CT molecular complexity index is 1850. The van der Waals surface area contributed by atoms with Gasteiger partial charge < -0.3 is 9.47 Å². The van der Waals surface area contributed by atoms with Gasteiger partial charge in [-0.15, -0.1) is 10.2 Å². The lowest BCUT2D eigenvalue weighted by Gasteiger charge is -2.34. The Kier molecular flexibility index (Phi) is 5.95. The van der Waals surface area contributed by atoms with E-state index in [4.69, 9.17) is 6.57 Å². The van der Waals surface area contributed by atoms with E-state index in [1.165, 1.54) is 0 Å². The molecule has 2 aromatic heterocycles. The smallest absolute Gasteiger partial charge is 0.362 e. The van der Waals surface area contributed by atoms with Crippen LogP contribution in [0.2, 0.25) is 0 Å². The van der Waals surface area contributed by atoms with Crippen LogP contribution in [0.25, 0.3) is 32.4 Å². The van der Waals surface area contributed by atoms with E-state index in [1.807, 2.05) is 72.6 Å². The maximum Gasteiger partial charge on any atom is 0.451 e. The van der Waals surface area contributed by atoms with Crippen LogP contribution in [0.1, 0.15) is 30.2 Å². The summed E-state index contributed by atoms with van der Waals surface area (Å²) in [6, 6.07) is 19.9. The average Bonchev–Trinajstić information content (AvgIpc) is 3.40. The fourth-order valence-corrected chi connectivity index (χ4v) is 5.49. The fourth-order valence-electron chi connectivity index (χ4n) is 5.49. The molecule has 0 bridgehead atoms. The molecular formula is C30H23F3N6O. The predicted octanol–water partition coefficient (Wildman–Crippen LogP) is 6.71. The summed E-state index contributed by atoms with van der Waals surface area (Å²) in [5.41, 5.74) is 4.66. The van der Waals surface area contributed by atoms with Crippen LogP contribution in [-0.4, -0.2) is 25.9 Å². The third kappa shape index (κ3) is 4.20. The summed E-state index contributed by atoms with van der Waals surface area (Å²) in [5.74, 6) is -0.712. The lowest BCUT2D eigenvalue weighted by molar-refractivity contribution is -0.148. The highest BCUT2D eigenvalue weighted by molar-refractivity contribution is 5.98. The quantitative estimate of drug-likeness (QED) is 0.239. The molecule has 3 heterocycles. The number of hydrogen-bond acceptors (Lipinski definition) is 4. The van der Waals surface area contributed by atoms with Crippen LogP contribution in [0.15, 0.2) is 77.7 Å². The molecule has 0 saturated carbocycles. The summed E-state index contributed by atoms with van der Waals surface area (Å²) in [7, 11) is 0. The number of rotatable bonds is 3. The van der Waals surface area contributed by atoms with Crippen LogP contribution < -0.4 is 10.5 Å². The van der Waals surface area contributed by atoms with Crippen molar-refractivity contribution in [2.24, 2.45) is 0 Å². The number of pyridine rings is 1. The van der Waals surface area contributed by atoms with E-state index in [0.29, 0.717) is 23.3 Å². The molecular weight excluding hydrogens is 517 g/mol. The number of nitrogens with zero attached hydrogens (tertiary/aromatic N) is 6. The minimum Gasteiger partial charge on any atom is -0.362 e. The number of halogens is 3. The molecule has 5 aromatic rings. The topological polar surface area (TPSA) is 60.3 Å². The highest BCUT2D eigenvalue weighted by Crippen LogP contribution is 2.35. The highest BCUT2D eigenvalue weighted by atomic mass is 19.4. The summed E-state index contributed by atoms with van der Waals surface area (Å²) in [6.07, 6.45) is -2.74. The SMILES string of the molecule is [C-]#[N+]c1ccc(-c2cccc3c(=O)n(-c4ccc(N5Cc6nnc(C(F)(F)F)n6C(C)C5)cc4)cc(C)c23)cc1. The van der Waals surface area contributed by atoms with Gasteiger partial charge in [-0.3, -0.25) is 9.36 Å². The monoisotopic (exact) mass is 540 g/mol. The van der Waals surface area contributed by atoms with Gasteiger partial charge >= 0.3 is 6.18 Å². The molecule has 0 N–H and O–H groups in total. The van der Waals surface area contributed by atoms with Crippen molar-refractivity contribution in [2.45, 2.75) is 32.6 Å². The van der Waals surface area contributed by atoms with E-state index in [1.54, 1.807) is 23.6 Å². The van der Waals surface area contributed by atoms with E-state index < -0.39 is 18.0 Å². The molecule has 6 rings (SSSR count). The van der Waals surface area contributed by atoms with Gasteiger partial charge in [0, 0.05) is 29.5 Å². The van der Waals surface area contributed by atoms with Gasteiger partial charge in [-0.25, -0.2) is 4.85 Å². The van der Waals surface area contributed by atoms with Crippen molar-refractivity contribution in [1.29, 1.82) is 0 Å². The van der Waals surface area contributed by atoms with Crippen molar-refractivity contribution in [3.05, 3.63) is 112 Å². The summed E-state index contributed by atoms with van der Waals surface area (Å²) < 4.78 is 42.8. The molecule has 7 nitrogen and oxygen atoms in total. The van der Waals surface area contributed by atoms with E-state index in [-0.39, 0.29) is 17.9 Å². The van der Waals surface area contributed by atoms with Crippen LogP contribution in [0.5, 0.6) is 0 Å². The van der Waals surface area contributed by atoms with Gasteiger partial charge in [0.05, 0.1) is 19.2 Å². The van der Waals surface area contributed by atoms with Crippen LogP contribution >= 0.6 is 0 Å². The first-order valence-corrected chi connectivity index (χ1v) is 12.6. The first-order chi connectivity index (χ1) is 19.2. The van der Waals surface area contributed by atoms with Crippen LogP contribution in [-0.2, 0) is 12.7 Å². The van der Waals surface area contributed by atoms with Crippen molar-refractivity contribution >= 4 is 22.1 Å². The third-order valence-electron chi connectivity index (χ3n) is 7.31. The molecule has 0 fully saturated rings. The number of aryl methyl sites for hydroxylation is 1. The lowest BCUT2D eigenvalue weighted by Crippen LogP contribution is -2.37. The Labute approximate surface area is 227 Å². The van der Waals surface area contributed by atoms with Gasteiger partial charge in [0.1, 0.15) is 0 Å². The predicted molar refractivity (Wildman–Crippen MR) is 147 cm³/mol. The summed E-state index contributed by atoms with van der Waals surface area (Å²) in [5, 5.41) is 8.63. The second kappa shape index (κ2) is 9.38. The van der Waals surface area contributed by atoms with Crippen molar-refractivity contribution < 1.29 is 13.2 Å². The van der Waals surface area contributed by atoms with Crippen LogP contribution in [0.4, 0.5) is 24.5 Å². The second-order valence-electron chi connectivity index (χ2n) is 9.93. The summed E-state index contributed by atoms with van der Waals surface area (Å²) in [4.78, 5) is 19.0. The van der Waals surface area contributed by atoms with Crippen LogP contribution in [0.3, 0.4) is 0 Å². The van der Waals surface area contributed by atoms with E-state index in [9.17, 15) is 18.0 Å². The van der Waals surface area contributed by atoms with Gasteiger partial charge in [-0.2, -0.15) is 13.2 Å². The lowest BCUT2D eigenvalue weighted by atomic mass is 9.96. The zero-order valence-electron chi connectivity index (χ0n) is 21.6. The first-order valence-electron chi connectivity index (χ1n) is 12.6. The largest absolute Gasteiger partial charge is 0.451 e. The molecule has 0 spiro atoms. The average molecular weight is 541 g/mol. The molecule has 1 atom stereocenters. The van der Waals surface area contributed by atoms with Gasteiger partial charge in [-0.1, -0.05) is 36.4 Å². The molecule has 1 aliphatic heterocycles. The Hall–Kier alpha value is -4.91. The number of hydrogen-bond donors (Lipinski definition) is 0. The van der Waals surface area contributed by atoms with Crippen molar-refractivity contribution in [3.63, 3.8) is 0 Å². The molecule has 200 valence electrons. The number of anilines is 1. The second-order valence-corrected chi connectivity index (χ2v) is 9.93. The zero-order chi connectivity index (χ0) is 28.2. The van der Waals surface area contributed by atoms with Crippen molar-refractivity contribution in [3.8, 4) is 16.8 Å². The van der Waals surface area contributed by atoms with Crippen molar-refractivity contribution in [1.82, 2.24) is 19.3 Å². The number of aromatic nitrogens is 4. The molecule has 0 saturated heterocycles. The standard InChI is InChI=1S/C30H23F3N6O/c1-18-15-38(28(40)25-6-4-5-24(27(18)25)20-7-9-21(34-3)10-8-20)23-13-11-22(12-14-23)37-16-19(2)39-26(17-37)35-36-29(39)30(31,32)33/h4-15,19H,16-17H2,1-2H3. The Morgan fingerprint density at radius 3 is 2.35 bits per heavy atom. The molecule has 3 aromatic carbocycles. The minimum atomic E-state index is -4.56. The summed E-state index contributed by atoms with van der Waals surface area (Å²) in [6.45, 7) is 11.4. The van der Waals surface area contributed by atoms with Gasteiger partial charge in [0.15, 0.2) is 11.5 Å². The number of alkyl halides is 3. The van der Waals surface area contributed by atoms with E-state index in [2.05, 4.69) is 15.0 Å². The normalized spacial score (nSPS) is 15.2. The first kappa shape index (κ1) is 25.4. The minimum absolute atomic E-state index is 0.160.